The standard InChI is InChI=1S/C30H32BN3O5.C6H6BrNO/c1-29(2)30(3,4)39-31(38-29)22-16-17-32-19-25(22)37-21-14-12-20(13-15-21)27(35)28-33-23-9-5-6-10-24(23)34(28)26-11-7-8-18-36-26;1-9-5-2-3-8-6(7)4-5/h5-6,9-10,12-17,19,26H,7-8,11,18H2,1-4H3;2-4H,1H3. The van der Waals surface area contributed by atoms with Gasteiger partial charge in [-0.15, -0.1) is 0 Å². The molecule has 0 saturated carbocycles. The number of hydrogen-bond donors (Lipinski definition) is 0. The highest BCUT2D eigenvalue weighted by atomic mass is 79.9. The zero-order valence-corrected chi connectivity index (χ0v) is 29.3. The minimum absolute atomic E-state index is 0.161. The summed E-state index contributed by atoms with van der Waals surface area (Å²) in [5.41, 5.74) is 2.01. The second-order valence-electron chi connectivity index (χ2n) is 12.6. The monoisotopic (exact) mass is 712 g/mol. The molecule has 48 heavy (non-hydrogen) atoms. The number of hydrogen-bond acceptors (Lipinski definition) is 9. The first-order chi connectivity index (χ1) is 23.1. The van der Waals surface area contributed by atoms with Crippen molar-refractivity contribution in [2.75, 3.05) is 13.7 Å². The lowest BCUT2D eigenvalue weighted by Gasteiger charge is -2.32. The van der Waals surface area contributed by atoms with Gasteiger partial charge >= 0.3 is 7.12 Å². The molecule has 2 aliphatic heterocycles. The van der Waals surface area contributed by atoms with Crippen molar-refractivity contribution >= 4 is 45.3 Å². The molecule has 10 nitrogen and oxygen atoms in total. The molecule has 0 spiro atoms. The Balaban J connectivity index is 0.000000388. The maximum absolute atomic E-state index is 13.7. The highest BCUT2D eigenvalue weighted by Crippen LogP contribution is 2.37. The SMILES string of the molecule is CC1(C)OB(c2ccncc2Oc2ccc(C(=O)c3nc4ccccc4n3C3CCCCO3)cc2)OC1(C)C.COc1ccnc(Br)c1. The van der Waals surface area contributed by atoms with Gasteiger partial charge in [-0.25, -0.2) is 9.97 Å². The number of pyridine rings is 2. The Labute approximate surface area is 289 Å². The lowest BCUT2D eigenvalue weighted by atomic mass is 9.79. The van der Waals surface area contributed by atoms with Crippen LogP contribution in [0.2, 0.25) is 0 Å². The van der Waals surface area contributed by atoms with Crippen molar-refractivity contribution in [1.82, 2.24) is 19.5 Å². The summed E-state index contributed by atoms with van der Waals surface area (Å²) in [6.45, 7) is 8.73. The van der Waals surface area contributed by atoms with Gasteiger partial charge in [-0.05, 0) is 111 Å². The molecule has 5 heterocycles. The van der Waals surface area contributed by atoms with E-state index in [9.17, 15) is 4.79 Å². The molecule has 2 aromatic carbocycles. The van der Waals surface area contributed by atoms with Gasteiger partial charge in [0, 0.05) is 36.1 Å². The van der Waals surface area contributed by atoms with E-state index in [0.717, 1.165) is 46.1 Å². The third-order valence-corrected chi connectivity index (χ3v) is 9.28. The number of aromatic nitrogens is 4. The molecule has 0 radical (unpaired) electrons. The average Bonchev–Trinajstić information content (AvgIpc) is 3.58. The van der Waals surface area contributed by atoms with Gasteiger partial charge in [0.25, 0.3) is 0 Å². The molecule has 248 valence electrons. The summed E-state index contributed by atoms with van der Waals surface area (Å²) in [5.74, 6) is 2.14. The number of rotatable bonds is 7. The Kier molecular flexibility index (Phi) is 9.98. The molecular weight excluding hydrogens is 675 g/mol. The molecule has 1 atom stereocenters. The molecule has 1 unspecified atom stereocenters. The molecule has 0 amide bonds. The minimum Gasteiger partial charge on any atom is -0.497 e. The van der Waals surface area contributed by atoms with Gasteiger partial charge in [0.2, 0.25) is 5.78 Å². The number of carbonyl (C=O) groups excluding carboxylic acids is 1. The van der Waals surface area contributed by atoms with Gasteiger partial charge in [-0.1, -0.05) is 12.1 Å². The Morgan fingerprint density at radius 1 is 0.958 bits per heavy atom. The zero-order valence-electron chi connectivity index (χ0n) is 27.7. The lowest BCUT2D eigenvalue weighted by molar-refractivity contribution is -0.0304. The highest BCUT2D eigenvalue weighted by molar-refractivity contribution is 9.10. The van der Waals surface area contributed by atoms with Crippen molar-refractivity contribution in [2.24, 2.45) is 0 Å². The maximum Gasteiger partial charge on any atom is 0.498 e. The summed E-state index contributed by atoms with van der Waals surface area (Å²) < 4.78 is 32.3. The average molecular weight is 713 g/mol. The van der Waals surface area contributed by atoms with Gasteiger partial charge < -0.3 is 23.5 Å². The van der Waals surface area contributed by atoms with E-state index in [1.54, 1.807) is 62.1 Å². The quantitative estimate of drug-likeness (QED) is 0.0976. The molecule has 5 aromatic rings. The third-order valence-electron chi connectivity index (χ3n) is 8.84. The summed E-state index contributed by atoms with van der Waals surface area (Å²) >= 11 is 3.21. The van der Waals surface area contributed by atoms with E-state index in [1.807, 2.05) is 62.6 Å². The number of methoxy groups -OCH3 is 1. The molecule has 2 aliphatic rings. The molecular formula is C36H38BBrN4O6. The molecule has 0 N–H and O–H groups in total. The van der Waals surface area contributed by atoms with E-state index in [-0.39, 0.29) is 12.0 Å². The lowest BCUT2D eigenvalue weighted by Crippen LogP contribution is -2.41. The molecule has 12 heteroatoms. The van der Waals surface area contributed by atoms with E-state index in [0.29, 0.717) is 29.5 Å². The van der Waals surface area contributed by atoms with E-state index in [1.165, 1.54) is 0 Å². The number of carbonyl (C=O) groups is 1. The number of halogens is 1. The van der Waals surface area contributed by atoms with E-state index in [2.05, 4.69) is 25.9 Å². The Morgan fingerprint density at radius 2 is 1.71 bits per heavy atom. The topological polar surface area (TPSA) is 107 Å². The fourth-order valence-electron chi connectivity index (χ4n) is 5.51. The normalized spacial score (nSPS) is 18.2. The number of fused-ring (bicyclic) bond motifs is 1. The van der Waals surface area contributed by atoms with Crippen LogP contribution in [0.15, 0.2) is 89.9 Å². The van der Waals surface area contributed by atoms with Crippen molar-refractivity contribution in [2.45, 2.75) is 64.4 Å². The van der Waals surface area contributed by atoms with Crippen LogP contribution in [-0.2, 0) is 14.0 Å². The van der Waals surface area contributed by atoms with Crippen LogP contribution in [-0.4, -0.2) is 57.3 Å². The molecule has 0 aliphatic carbocycles. The number of benzene rings is 2. The number of ether oxygens (including phenoxy) is 3. The van der Waals surface area contributed by atoms with E-state index < -0.39 is 18.3 Å². The van der Waals surface area contributed by atoms with Gasteiger partial charge in [0.05, 0.1) is 35.5 Å². The number of imidazole rings is 1. The first-order valence-corrected chi connectivity index (χ1v) is 16.7. The fourth-order valence-corrected chi connectivity index (χ4v) is 5.85. The van der Waals surface area contributed by atoms with Crippen LogP contribution in [0.5, 0.6) is 17.2 Å². The van der Waals surface area contributed by atoms with Crippen molar-refractivity contribution in [3.05, 3.63) is 101 Å². The Hall–Kier alpha value is -4.10. The molecule has 7 rings (SSSR count). The second-order valence-corrected chi connectivity index (χ2v) is 13.4. The predicted molar refractivity (Wildman–Crippen MR) is 187 cm³/mol. The Morgan fingerprint density at radius 3 is 2.38 bits per heavy atom. The second kappa shape index (κ2) is 14.2. The largest absolute Gasteiger partial charge is 0.498 e. The van der Waals surface area contributed by atoms with E-state index in [4.69, 9.17) is 28.5 Å². The van der Waals surface area contributed by atoms with Crippen LogP contribution in [0.4, 0.5) is 0 Å². The van der Waals surface area contributed by atoms with E-state index >= 15 is 0 Å². The first-order valence-electron chi connectivity index (χ1n) is 15.9. The minimum atomic E-state index is -0.580. The van der Waals surface area contributed by atoms with Gasteiger partial charge in [0.15, 0.2) is 5.82 Å². The van der Waals surface area contributed by atoms with Gasteiger partial charge in [-0.2, -0.15) is 0 Å². The van der Waals surface area contributed by atoms with Crippen LogP contribution in [0.1, 0.15) is 69.4 Å². The van der Waals surface area contributed by atoms with Crippen molar-refractivity contribution < 1.29 is 28.3 Å². The predicted octanol–water partition coefficient (Wildman–Crippen LogP) is 7.31. The molecule has 2 fully saturated rings. The van der Waals surface area contributed by atoms with Crippen LogP contribution >= 0.6 is 15.9 Å². The van der Waals surface area contributed by atoms with Gasteiger partial charge in [0.1, 0.15) is 28.1 Å². The van der Waals surface area contributed by atoms with Crippen LogP contribution in [0.25, 0.3) is 11.0 Å². The fraction of sp³-hybridized carbons (Fsp3) is 0.333. The van der Waals surface area contributed by atoms with Crippen LogP contribution in [0, 0.1) is 0 Å². The van der Waals surface area contributed by atoms with Crippen molar-refractivity contribution in [1.29, 1.82) is 0 Å². The molecule has 2 saturated heterocycles. The molecule has 3 aromatic heterocycles. The summed E-state index contributed by atoms with van der Waals surface area (Å²) in [4.78, 5) is 26.5. The summed E-state index contributed by atoms with van der Waals surface area (Å²) in [6, 6.07) is 20.3. The summed E-state index contributed by atoms with van der Waals surface area (Å²) in [5, 5.41) is 0. The summed E-state index contributed by atoms with van der Waals surface area (Å²) in [6.07, 6.45) is 7.75. The zero-order chi connectivity index (χ0) is 33.9. The Bertz CT molecular complexity index is 1880. The van der Waals surface area contributed by atoms with Crippen molar-refractivity contribution in [3.63, 3.8) is 0 Å². The highest BCUT2D eigenvalue weighted by Gasteiger charge is 2.52. The summed E-state index contributed by atoms with van der Waals surface area (Å²) in [7, 11) is 1.05. The number of para-hydroxylation sites is 2. The van der Waals surface area contributed by atoms with Crippen molar-refractivity contribution in [3.8, 4) is 17.2 Å². The number of nitrogens with zero attached hydrogens (tertiary/aromatic N) is 4. The van der Waals surface area contributed by atoms with Crippen LogP contribution in [0.3, 0.4) is 0 Å². The van der Waals surface area contributed by atoms with Crippen LogP contribution < -0.4 is 14.9 Å². The van der Waals surface area contributed by atoms with Gasteiger partial charge in [-0.3, -0.25) is 14.3 Å². The number of ketones is 1. The smallest absolute Gasteiger partial charge is 0.497 e. The third kappa shape index (κ3) is 7.17. The maximum atomic E-state index is 13.7. The first kappa shape index (κ1) is 33.8. The molecule has 0 bridgehead atoms.